The lowest BCUT2D eigenvalue weighted by Gasteiger charge is -2.37. The van der Waals surface area contributed by atoms with Gasteiger partial charge in [-0.15, -0.1) is 0 Å². The number of halogens is 2. The molecule has 0 atom stereocenters. The number of rotatable bonds is 6. The summed E-state index contributed by atoms with van der Waals surface area (Å²) in [7, 11) is 0. The van der Waals surface area contributed by atoms with E-state index in [9.17, 15) is 13.9 Å². The number of alkyl halides is 2. The maximum atomic E-state index is 13.7. The molecule has 1 N–H and O–H groups in total. The Morgan fingerprint density at radius 3 is 2.48 bits per heavy atom. The molecule has 0 spiro atoms. The van der Waals surface area contributed by atoms with Crippen LogP contribution in [0.3, 0.4) is 0 Å². The summed E-state index contributed by atoms with van der Waals surface area (Å²) in [5, 5.41) is 10.8. The van der Waals surface area contributed by atoms with Crippen LogP contribution in [0.1, 0.15) is 30.7 Å². The molecule has 3 aromatic rings. The Bertz CT molecular complexity index is 1110. The van der Waals surface area contributed by atoms with Gasteiger partial charge in [0.25, 0.3) is 5.92 Å². The predicted molar refractivity (Wildman–Crippen MR) is 113 cm³/mol. The topological polar surface area (TPSA) is 64.5 Å². The van der Waals surface area contributed by atoms with Crippen LogP contribution in [0.4, 0.5) is 8.78 Å². The molecule has 31 heavy (non-hydrogen) atoms. The molecule has 1 aliphatic heterocycles. The van der Waals surface area contributed by atoms with Crippen molar-refractivity contribution < 1.29 is 23.4 Å². The van der Waals surface area contributed by atoms with Crippen LogP contribution >= 0.6 is 0 Å². The van der Waals surface area contributed by atoms with Gasteiger partial charge in [0.05, 0.1) is 25.4 Å². The highest BCUT2D eigenvalue weighted by molar-refractivity contribution is 5.76. The molecule has 0 bridgehead atoms. The molecule has 2 aromatic heterocycles. The van der Waals surface area contributed by atoms with Gasteiger partial charge in [0, 0.05) is 24.9 Å². The van der Waals surface area contributed by atoms with Gasteiger partial charge in [0.15, 0.2) is 0 Å². The number of aryl methyl sites for hydroxylation is 1. The molecule has 0 saturated carbocycles. The zero-order chi connectivity index (χ0) is 22.2. The molecule has 1 aromatic carbocycles. The Morgan fingerprint density at radius 1 is 1.10 bits per heavy atom. The molecule has 7 heteroatoms. The summed E-state index contributed by atoms with van der Waals surface area (Å²) in [6.45, 7) is 5.45. The summed E-state index contributed by atoms with van der Waals surface area (Å²) in [6.07, 6.45) is 3.09. The van der Waals surface area contributed by atoms with Crippen LogP contribution in [-0.2, 0) is 16.3 Å². The number of ether oxygens (including phenoxy) is 2. The average molecular weight is 426 g/mol. The highest BCUT2D eigenvalue weighted by atomic mass is 19.3. The lowest BCUT2D eigenvalue weighted by molar-refractivity contribution is -0.185. The molecule has 1 saturated heterocycles. The number of pyridine rings is 2. The van der Waals surface area contributed by atoms with Crippen LogP contribution < -0.4 is 4.74 Å². The SMILES string of the molecule is CCOc1ncc(-c2cc(-c3ccnc(C(C)(F)F)c3)ccc2C)cc1C1(O)COC1. The molecule has 0 amide bonds. The van der Waals surface area contributed by atoms with Gasteiger partial charge in [-0.05, 0) is 60.4 Å². The van der Waals surface area contributed by atoms with E-state index in [1.165, 1.54) is 12.3 Å². The quantitative estimate of drug-likeness (QED) is 0.611. The number of hydrogen-bond acceptors (Lipinski definition) is 5. The van der Waals surface area contributed by atoms with Crippen molar-refractivity contribution in [1.82, 2.24) is 9.97 Å². The third-order valence-corrected chi connectivity index (χ3v) is 5.41. The Hall–Kier alpha value is -2.90. The zero-order valence-electron chi connectivity index (χ0n) is 17.7. The summed E-state index contributed by atoms with van der Waals surface area (Å²) >= 11 is 0. The van der Waals surface area contributed by atoms with E-state index in [-0.39, 0.29) is 18.9 Å². The van der Waals surface area contributed by atoms with E-state index in [2.05, 4.69) is 9.97 Å². The maximum absolute atomic E-state index is 13.7. The van der Waals surface area contributed by atoms with E-state index in [0.717, 1.165) is 29.2 Å². The smallest absolute Gasteiger partial charge is 0.286 e. The van der Waals surface area contributed by atoms with Gasteiger partial charge in [-0.25, -0.2) is 4.98 Å². The molecule has 4 rings (SSSR count). The van der Waals surface area contributed by atoms with Crippen LogP contribution in [0.25, 0.3) is 22.3 Å². The van der Waals surface area contributed by atoms with Crippen molar-refractivity contribution in [3.63, 3.8) is 0 Å². The molecule has 0 radical (unpaired) electrons. The van der Waals surface area contributed by atoms with E-state index in [1.807, 2.05) is 38.1 Å². The minimum Gasteiger partial charge on any atom is -0.478 e. The van der Waals surface area contributed by atoms with Gasteiger partial charge >= 0.3 is 0 Å². The van der Waals surface area contributed by atoms with Crippen molar-refractivity contribution in [2.24, 2.45) is 0 Å². The summed E-state index contributed by atoms with van der Waals surface area (Å²) in [5.74, 6) is -2.63. The number of aromatic nitrogens is 2. The Labute approximate surface area is 179 Å². The van der Waals surface area contributed by atoms with Crippen molar-refractivity contribution >= 4 is 0 Å². The first-order chi connectivity index (χ1) is 14.7. The van der Waals surface area contributed by atoms with Crippen molar-refractivity contribution in [2.75, 3.05) is 19.8 Å². The summed E-state index contributed by atoms with van der Waals surface area (Å²) in [5.41, 5.74) is 3.29. The predicted octanol–water partition coefficient (Wildman–Crippen LogP) is 4.85. The van der Waals surface area contributed by atoms with Gasteiger partial charge < -0.3 is 14.6 Å². The van der Waals surface area contributed by atoms with E-state index < -0.39 is 11.5 Å². The van der Waals surface area contributed by atoms with E-state index >= 15 is 0 Å². The fourth-order valence-corrected chi connectivity index (χ4v) is 3.60. The number of hydrogen-bond donors (Lipinski definition) is 1. The van der Waals surface area contributed by atoms with Crippen molar-refractivity contribution in [3.05, 3.63) is 65.6 Å². The Balaban J connectivity index is 1.79. The van der Waals surface area contributed by atoms with Crippen LogP contribution in [-0.4, -0.2) is 34.9 Å². The third kappa shape index (κ3) is 4.16. The van der Waals surface area contributed by atoms with Gasteiger partial charge in [0.2, 0.25) is 5.88 Å². The second-order valence-corrected chi connectivity index (χ2v) is 7.88. The van der Waals surface area contributed by atoms with Crippen LogP contribution in [0.2, 0.25) is 0 Å². The van der Waals surface area contributed by atoms with Gasteiger partial charge in [-0.2, -0.15) is 8.78 Å². The first-order valence-corrected chi connectivity index (χ1v) is 10.1. The number of benzene rings is 1. The van der Waals surface area contributed by atoms with Crippen molar-refractivity contribution in [3.8, 4) is 28.1 Å². The highest BCUT2D eigenvalue weighted by Gasteiger charge is 2.41. The summed E-state index contributed by atoms with van der Waals surface area (Å²) in [6, 6.07) is 10.7. The molecular formula is C24H24F2N2O3. The maximum Gasteiger partial charge on any atom is 0.286 e. The molecule has 0 aliphatic carbocycles. The lowest BCUT2D eigenvalue weighted by Crippen LogP contribution is -2.46. The largest absolute Gasteiger partial charge is 0.478 e. The average Bonchev–Trinajstić information content (AvgIpc) is 2.72. The monoisotopic (exact) mass is 426 g/mol. The highest BCUT2D eigenvalue weighted by Crippen LogP contribution is 2.38. The molecule has 0 unspecified atom stereocenters. The Kier molecular flexibility index (Phi) is 5.49. The van der Waals surface area contributed by atoms with Crippen molar-refractivity contribution in [1.29, 1.82) is 0 Å². The number of aliphatic hydroxyl groups is 1. The third-order valence-electron chi connectivity index (χ3n) is 5.41. The van der Waals surface area contributed by atoms with E-state index in [0.29, 0.717) is 23.6 Å². The molecular weight excluding hydrogens is 402 g/mol. The van der Waals surface area contributed by atoms with Crippen LogP contribution in [0.5, 0.6) is 5.88 Å². The van der Waals surface area contributed by atoms with E-state index in [4.69, 9.17) is 9.47 Å². The molecule has 5 nitrogen and oxygen atoms in total. The second-order valence-electron chi connectivity index (χ2n) is 7.88. The standard InChI is InChI=1S/C24H24F2N2O3/c1-4-31-22-20(24(29)13-30-14-24)10-18(12-28-22)19-9-16(6-5-15(19)2)17-7-8-27-21(11-17)23(3,25)26/h5-12,29H,4,13-14H2,1-3H3. The fraction of sp³-hybridized carbons (Fsp3) is 0.333. The first-order valence-electron chi connectivity index (χ1n) is 10.1. The molecule has 3 heterocycles. The fourth-order valence-electron chi connectivity index (χ4n) is 3.60. The van der Waals surface area contributed by atoms with Gasteiger partial charge in [-0.3, -0.25) is 4.98 Å². The minimum absolute atomic E-state index is 0.183. The summed E-state index contributed by atoms with van der Waals surface area (Å²) < 4.78 is 38.3. The van der Waals surface area contributed by atoms with Crippen LogP contribution in [0.15, 0.2) is 48.8 Å². The second kappa shape index (κ2) is 7.98. The Morgan fingerprint density at radius 2 is 1.84 bits per heavy atom. The lowest BCUT2D eigenvalue weighted by atomic mass is 9.89. The number of nitrogens with zero attached hydrogens (tertiary/aromatic N) is 2. The first kappa shape index (κ1) is 21.3. The zero-order valence-corrected chi connectivity index (χ0v) is 17.7. The summed E-state index contributed by atoms with van der Waals surface area (Å²) in [4.78, 5) is 8.24. The molecule has 162 valence electrons. The van der Waals surface area contributed by atoms with E-state index in [1.54, 1.807) is 12.3 Å². The van der Waals surface area contributed by atoms with Gasteiger partial charge in [0.1, 0.15) is 11.3 Å². The molecule has 1 aliphatic rings. The normalized spacial score (nSPS) is 15.4. The van der Waals surface area contributed by atoms with Gasteiger partial charge in [-0.1, -0.05) is 12.1 Å². The van der Waals surface area contributed by atoms with Crippen molar-refractivity contribution in [2.45, 2.75) is 32.3 Å². The molecule has 1 fully saturated rings. The van der Waals surface area contributed by atoms with Crippen LogP contribution in [0, 0.1) is 6.92 Å². The minimum atomic E-state index is -3.02.